The average molecular weight is 602 g/mol. The quantitative estimate of drug-likeness (QED) is 0.376. The van der Waals surface area contributed by atoms with Gasteiger partial charge < -0.3 is 14.9 Å². The Morgan fingerprint density at radius 1 is 0.760 bits per heavy atom. The van der Waals surface area contributed by atoms with Gasteiger partial charge in [-0.3, -0.25) is 0 Å². The molecule has 2 rings (SSSR count). The number of rotatable bonds is 4. The topological polar surface area (TPSA) is 49.7 Å². The molecule has 0 atom stereocenters. The van der Waals surface area contributed by atoms with E-state index >= 15 is 0 Å². The number of hydrogen-bond acceptors (Lipinski definition) is 3. The van der Waals surface area contributed by atoms with E-state index in [2.05, 4.69) is 77.6 Å². The minimum atomic E-state index is -1.28. The van der Waals surface area contributed by atoms with Crippen LogP contribution in [-0.2, 0) is 5.41 Å². The molecular weight excluding hydrogens is 584 g/mol. The fraction of sp³-hybridized carbons (Fsp3) is 0.333. The lowest BCUT2D eigenvalue weighted by molar-refractivity contribution is -0.105. The van der Waals surface area contributed by atoms with E-state index in [1.165, 1.54) is 0 Å². The number of phenols is 1. The minimum absolute atomic E-state index is 0.177. The van der Waals surface area contributed by atoms with Crippen molar-refractivity contribution in [2.24, 2.45) is 0 Å². The molecule has 3 nitrogen and oxygen atoms in total. The van der Waals surface area contributed by atoms with Gasteiger partial charge in [0, 0.05) is 19.3 Å². The van der Waals surface area contributed by atoms with E-state index in [0.717, 1.165) is 20.1 Å². The number of aliphatic hydroxyl groups is 1. The number of ether oxygens (including phenoxy) is 1. The van der Waals surface area contributed by atoms with Gasteiger partial charge in [-0.1, -0.05) is 13.8 Å². The summed E-state index contributed by atoms with van der Waals surface area (Å²) in [5, 5.41) is 19.9. The maximum Gasteiger partial charge on any atom is 0.202 e. The molecule has 7 heteroatoms. The first kappa shape index (κ1) is 21.2. The van der Waals surface area contributed by atoms with E-state index in [4.69, 9.17) is 4.74 Å². The molecule has 0 spiro atoms. The summed E-state index contributed by atoms with van der Waals surface area (Å²) >= 11 is 13.8. The van der Waals surface area contributed by atoms with Crippen LogP contribution in [0.2, 0.25) is 0 Å². The number of phenolic OH excluding ortho intramolecular Hbond substituents is 1. The summed E-state index contributed by atoms with van der Waals surface area (Å²) in [4.78, 5) is 0. The van der Waals surface area contributed by atoms with Crippen LogP contribution >= 0.6 is 63.7 Å². The molecule has 2 aromatic rings. The Balaban J connectivity index is 2.54. The molecule has 25 heavy (non-hydrogen) atoms. The van der Waals surface area contributed by atoms with Crippen LogP contribution in [0.5, 0.6) is 11.5 Å². The summed E-state index contributed by atoms with van der Waals surface area (Å²) in [6.45, 7) is 7.36. The first-order valence-corrected chi connectivity index (χ1v) is 10.6. The third-order valence-corrected chi connectivity index (χ3v) is 6.20. The SMILES string of the molecule is CC(C)(O)Oc1c(Br)cc(C(C)(C)c2cc(Br)c(O)c(Br)c2)cc1Br. The Hall–Kier alpha value is -0.0800. The van der Waals surface area contributed by atoms with E-state index in [9.17, 15) is 10.2 Å². The second-order valence-corrected chi connectivity index (χ2v) is 10.1. The van der Waals surface area contributed by atoms with Gasteiger partial charge in [0.25, 0.3) is 0 Å². The molecule has 0 unspecified atom stereocenters. The van der Waals surface area contributed by atoms with Crippen molar-refractivity contribution >= 4 is 63.7 Å². The van der Waals surface area contributed by atoms with Crippen LogP contribution in [0.3, 0.4) is 0 Å². The summed E-state index contributed by atoms with van der Waals surface area (Å²) in [7, 11) is 0. The van der Waals surface area contributed by atoms with E-state index in [1.807, 2.05) is 24.3 Å². The van der Waals surface area contributed by atoms with Gasteiger partial charge in [0.2, 0.25) is 5.79 Å². The van der Waals surface area contributed by atoms with E-state index in [-0.39, 0.29) is 11.2 Å². The number of benzene rings is 2. The standard InChI is InChI=1S/C18H18Br4O3/c1-17(2,9-5-11(19)15(23)12(20)6-9)10-7-13(21)16(14(22)8-10)25-18(3,4)24/h5-8,23-24H,1-4H3. The molecule has 0 aliphatic heterocycles. The lowest BCUT2D eigenvalue weighted by atomic mass is 9.78. The Morgan fingerprint density at radius 3 is 1.48 bits per heavy atom. The lowest BCUT2D eigenvalue weighted by Gasteiger charge is -2.29. The molecule has 0 saturated heterocycles. The summed E-state index contributed by atoms with van der Waals surface area (Å²) in [6, 6.07) is 7.76. The van der Waals surface area contributed by atoms with Gasteiger partial charge in [0.05, 0.1) is 17.9 Å². The van der Waals surface area contributed by atoms with Gasteiger partial charge in [-0.25, -0.2) is 0 Å². The van der Waals surface area contributed by atoms with Gasteiger partial charge in [0.1, 0.15) is 5.75 Å². The molecule has 0 bridgehead atoms. The maximum atomic E-state index is 9.95. The second-order valence-electron chi connectivity index (χ2n) is 6.73. The second kappa shape index (κ2) is 7.50. The van der Waals surface area contributed by atoms with Gasteiger partial charge in [-0.05, 0) is 99.1 Å². The highest BCUT2D eigenvalue weighted by atomic mass is 79.9. The van der Waals surface area contributed by atoms with Crippen molar-refractivity contribution in [2.75, 3.05) is 0 Å². The minimum Gasteiger partial charge on any atom is -0.506 e. The molecule has 136 valence electrons. The molecule has 2 N–H and O–H groups in total. The molecule has 0 fully saturated rings. The largest absolute Gasteiger partial charge is 0.506 e. The molecular formula is C18H18Br4O3. The summed E-state index contributed by atoms with van der Waals surface area (Å²) in [5.74, 6) is -0.565. The molecule has 0 saturated carbocycles. The van der Waals surface area contributed by atoms with Crippen LogP contribution < -0.4 is 4.74 Å². The van der Waals surface area contributed by atoms with Crippen LogP contribution in [-0.4, -0.2) is 16.0 Å². The number of hydrogen-bond donors (Lipinski definition) is 2. The molecule has 0 heterocycles. The zero-order valence-electron chi connectivity index (χ0n) is 14.1. The Labute approximate surface area is 181 Å². The third-order valence-electron chi connectivity index (χ3n) is 3.81. The van der Waals surface area contributed by atoms with Gasteiger partial charge in [-0.2, -0.15) is 0 Å². The molecule has 0 aromatic heterocycles. The molecule has 0 radical (unpaired) electrons. The van der Waals surface area contributed by atoms with Crippen LogP contribution in [0.1, 0.15) is 38.8 Å². The Morgan fingerprint density at radius 2 is 1.12 bits per heavy atom. The monoisotopic (exact) mass is 598 g/mol. The van der Waals surface area contributed by atoms with E-state index in [1.54, 1.807) is 13.8 Å². The zero-order chi connectivity index (χ0) is 19.2. The third kappa shape index (κ3) is 4.80. The van der Waals surface area contributed by atoms with Crippen LogP contribution in [0.15, 0.2) is 42.2 Å². The first-order valence-electron chi connectivity index (χ1n) is 7.42. The van der Waals surface area contributed by atoms with E-state index < -0.39 is 5.79 Å². The lowest BCUT2D eigenvalue weighted by Crippen LogP contribution is -2.27. The highest BCUT2D eigenvalue weighted by Crippen LogP contribution is 2.44. The van der Waals surface area contributed by atoms with Crippen molar-refractivity contribution in [1.82, 2.24) is 0 Å². The fourth-order valence-corrected chi connectivity index (χ4v) is 4.90. The van der Waals surface area contributed by atoms with Crippen molar-refractivity contribution in [2.45, 2.75) is 38.9 Å². The fourth-order valence-electron chi connectivity index (χ4n) is 2.36. The van der Waals surface area contributed by atoms with Crippen molar-refractivity contribution in [1.29, 1.82) is 0 Å². The van der Waals surface area contributed by atoms with Crippen LogP contribution in [0, 0.1) is 0 Å². The zero-order valence-corrected chi connectivity index (χ0v) is 20.5. The Bertz CT molecular complexity index is 764. The smallest absolute Gasteiger partial charge is 0.202 e. The summed E-state index contributed by atoms with van der Waals surface area (Å²) < 4.78 is 8.34. The number of aromatic hydroxyl groups is 1. The van der Waals surface area contributed by atoms with Gasteiger partial charge in [-0.15, -0.1) is 0 Å². The number of halogens is 4. The van der Waals surface area contributed by atoms with Gasteiger partial charge >= 0.3 is 0 Å². The normalized spacial score (nSPS) is 12.4. The maximum absolute atomic E-state index is 9.95. The predicted molar refractivity (Wildman–Crippen MR) is 114 cm³/mol. The average Bonchev–Trinajstić information content (AvgIpc) is 2.46. The molecule has 0 aliphatic rings. The van der Waals surface area contributed by atoms with Crippen molar-refractivity contribution < 1.29 is 14.9 Å². The van der Waals surface area contributed by atoms with E-state index in [0.29, 0.717) is 14.7 Å². The highest BCUT2D eigenvalue weighted by molar-refractivity contribution is 9.11. The van der Waals surface area contributed by atoms with Crippen molar-refractivity contribution in [3.63, 3.8) is 0 Å². The highest BCUT2D eigenvalue weighted by Gasteiger charge is 2.28. The van der Waals surface area contributed by atoms with Crippen molar-refractivity contribution in [3.8, 4) is 11.5 Å². The predicted octanol–water partition coefficient (Wildman–Crippen LogP) is 6.88. The molecule has 0 amide bonds. The Kier molecular flexibility index (Phi) is 6.37. The first-order chi connectivity index (χ1) is 11.3. The summed E-state index contributed by atoms with van der Waals surface area (Å²) in [5.41, 5.74) is 1.73. The molecule has 0 aliphatic carbocycles. The molecule has 2 aromatic carbocycles. The van der Waals surface area contributed by atoms with Gasteiger partial charge in [0.15, 0.2) is 5.75 Å². The van der Waals surface area contributed by atoms with Crippen LogP contribution in [0.4, 0.5) is 0 Å². The van der Waals surface area contributed by atoms with Crippen LogP contribution in [0.25, 0.3) is 0 Å². The van der Waals surface area contributed by atoms with Crippen molar-refractivity contribution in [3.05, 3.63) is 53.3 Å². The summed E-state index contributed by atoms with van der Waals surface area (Å²) in [6.07, 6.45) is 0.